The first-order chi connectivity index (χ1) is 18.2. The monoisotopic (exact) mass is 536 g/mol. The number of nitrogens with one attached hydrogen (secondary N) is 1. The van der Waals surface area contributed by atoms with E-state index >= 15 is 0 Å². The summed E-state index contributed by atoms with van der Waals surface area (Å²) in [7, 11) is 1.23. The van der Waals surface area contributed by atoms with E-state index in [1.807, 2.05) is 0 Å². The molecular weight excluding hydrogens is 515 g/mol. The number of urea groups is 1. The predicted octanol–water partition coefficient (Wildman–Crippen LogP) is 4.92. The SMILES string of the molecule is CCOc1cc(/C=C2\C(=O)NC(=O)N(c3ccc(C(=O)OC)cc3)C2=O)cc(Cl)c1Cc1ccccc1F. The number of amides is 4. The van der Waals surface area contributed by atoms with Gasteiger partial charge in [0.1, 0.15) is 17.1 Å². The summed E-state index contributed by atoms with van der Waals surface area (Å²) in [6.45, 7) is 2.07. The van der Waals surface area contributed by atoms with Gasteiger partial charge in [-0.15, -0.1) is 0 Å². The molecule has 0 aromatic heterocycles. The van der Waals surface area contributed by atoms with Crippen LogP contribution in [-0.4, -0.2) is 37.5 Å². The number of rotatable bonds is 7. The Kier molecular flexibility index (Phi) is 7.87. The molecule has 0 saturated carbocycles. The Hall–Kier alpha value is -4.50. The van der Waals surface area contributed by atoms with Crippen LogP contribution in [-0.2, 0) is 20.7 Å². The highest BCUT2D eigenvalue weighted by atomic mass is 35.5. The van der Waals surface area contributed by atoms with Gasteiger partial charge in [0.05, 0.1) is 25.0 Å². The number of benzene rings is 3. The number of anilines is 1. The highest BCUT2D eigenvalue weighted by molar-refractivity contribution is 6.39. The van der Waals surface area contributed by atoms with Gasteiger partial charge in [-0.2, -0.15) is 0 Å². The van der Waals surface area contributed by atoms with Crippen molar-refractivity contribution in [3.63, 3.8) is 0 Å². The van der Waals surface area contributed by atoms with Gasteiger partial charge in [0, 0.05) is 17.0 Å². The average Bonchev–Trinajstić information content (AvgIpc) is 2.89. The molecule has 3 aromatic carbocycles. The third-order valence-corrected chi connectivity index (χ3v) is 6.10. The van der Waals surface area contributed by atoms with E-state index in [4.69, 9.17) is 16.3 Å². The zero-order valence-electron chi connectivity index (χ0n) is 20.4. The maximum Gasteiger partial charge on any atom is 0.337 e. The Bertz CT molecular complexity index is 1470. The largest absolute Gasteiger partial charge is 0.494 e. The first-order valence-corrected chi connectivity index (χ1v) is 11.9. The van der Waals surface area contributed by atoms with E-state index in [-0.39, 0.29) is 34.1 Å². The van der Waals surface area contributed by atoms with Crippen LogP contribution in [0.15, 0.2) is 66.2 Å². The van der Waals surface area contributed by atoms with E-state index in [0.29, 0.717) is 29.0 Å². The quantitative estimate of drug-likeness (QED) is 0.261. The van der Waals surface area contributed by atoms with Gasteiger partial charge in [-0.3, -0.25) is 14.9 Å². The normalized spacial score (nSPS) is 14.5. The molecule has 1 aliphatic heterocycles. The van der Waals surface area contributed by atoms with Crippen molar-refractivity contribution < 1.29 is 33.0 Å². The van der Waals surface area contributed by atoms with Crippen LogP contribution in [0.25, 0.3) is 6.08 Å². The molecule has 4 rings (SSSR count). The van der Waals surface area contributed by atoms with E-state index in [1.165, 1.54) is 49.6 Å². The molecule has 1 N–H and O–H groups in total. The first kappa shape index (κ1) is 26.6. The molecule has 0 unspecified atom stereocenters. The Morgan fingerprint density at radius 2 is 1.79 bits per heavy atom. The van der Waals surface area contributed by atoms with Crippen LogP contribution >= 0.6 is 11.6 Å². The molecule has 4 amide bonds. The number of ether oxygens (including phenoxy) is 2. The molecule has 0 atom stereocenters. The molecule has 194 valence electrons. The number of halogens is 2. The molecule has 0 spiro atoms. The van der Waals surface area contributed by atoms with Crippen molar-refractivity contribution in [1.29, 1.82) is 0 Å². The maximum absolute atomic E-state index is 14.3. The second-order valence-corrected chi connectivity index (χ2v) is 8.58. The number of hydrogen-bond acceptors (Lipinski definition) is 6. The van der Waals surface area contributed by atoms with E-state index in [0.717, 1.165) is 4.90 Å². The number of esters is 1. The van der Waals surface area contributed by atoms with Crippen molar-refractivity contribution in [3.05, 3.63) is 99.3 Å². The lowest BCUT2D eigenvalue weighted by Gasteiger charge is -2.26. The molecule has 0 bridgehead atoms. The van der Waals surface area contributed by atoms with Crippen LogP contribution in [0.5, 0.6) is 5.75 Å². The molecule has 0 aliphatic carbocycles. The third-order valence-electron chi connectivity index (χ3n) is 5.76. The van der Waals surface area contributed by atoms with Gasteiger partial charge >= 0.3 is 12.0 Å². The number of methoxy groups -OCH3 is 1. The van der Waals surface area contributed by atoms with Crippen molar-refractivity contribution in [3.8, 4) is 5.75 Å². The number of hydrogen-bond donors (Lipinski definition) is 1. The Labute approximate surface area is 222 Å². The number of carbonyl (C=O) groups is 4. The fourth-order valence-corrected chi connectivity index (χ4v) is 4.21. The van der Waals surface area contributed by atoms with Crippen LogP contribution < -0.4 is 15.0 Å². The predicted molar refractivity (Wildman–Crippen MR) is 139 cm³/mol. The second-order valence-electron chi connectivity index (χ2n) is 8.18. The fraction of sp³-hybridized carbons (Fsp3) is 0.143. The van der Waals surface area contributed by atoms with Crippen molar-refractivity contribution in [1.82, 2.24) is 5.32 Å². The van der Waals surface area contributed by atoms with Crippen LogP contribution in [0.3, 0.4) is 0 Å². The summed E-state index contributed by atoms with van der Waals surface area (Å²) in [4.78, 5) is 50.8. The van der Waals surface area contributed by atoms with E-state index in [1.54, 1.807) is 31.2 Å². The number of imide groups is 2. The number of nitrogens with zero attached hydrogens (tertiary/aromatic N) is 1. The standard InChI is InChI=1S/C28H22ClFN2O6/c1-3-38-24-14-16(13-22(29)20(24)15-18-6-4-5-7-23(18)30)12-21-25(33)31-28(36)32(26(21)34)19-10-8-17(9-11-19)27(35)37-2/h4-14H,3,15H2,1-2H3,(H,31,33,36)/b21-12+. The van der Waals surface area contributed by atoms with E-state index < -0.39 is 23.8 Å². The maximum atomic E-state index is 14.3. The van der Waals surface area contributed by atoms with Crippen molar-refractivity contribution in [2.45, 2.75) is 13.3 Å². The summed E-state index contributed by atoms with van der Waals surface area (Å²) in [5.41, 5.74) is 1.39. The molecule has 3 aromatic rings. The van der Waals surface area contributed by atoms with Gasteiger partial charge in [0.2, 0.25) is 0 Å². The minimum Gasteiger partial charge on any atom is -0.494 e. The van der Waals surface area contributed by atoms with Crippen molar-refractivity contribution >= 4 is 47.2 Å². The van der Waals surface area contributed by atoms with Gasteiger partial charge in [-0.05, 0) is 66.6 Å². The zero-order chi connectivity index (χ0) is 27.4. The molecule has 0 radical (unpaired) electrons. The first-order valence-electron chi connectivity index (χ1n) is 11.5. The summed E-state index contributed by atoms with van der Waals surface area (Å²) in [6, 6.07) is 14.0. The summed E-state index contributed by atoms with van der Waals surface area (Å²) in [6.07, 6.45) is 1.46. The minimum absolute atomic E-state index is 0.145. The number of carbonyl (C=O) groups excluding carboxylic acids is 4. The Morgan fingerprint density at radius 3 is 2.45 bits per heavy atom. The van der Waals surface area contributed by atoms with Crippen LogP contribution in [0.1, 0.15) is 34.0 Å². The van der Waals surface area contributed by atoms with Gasteiger partial charge in [0.25, 0.3) is 11.8 Å². The Balaban J connectivity index is 1.69. The number of barbiturate groups is 1. The fourth-order valence-electron chi connectivity index (χ4n) is 3.93. The van der Waals surface area contributed by atoms with Gasteiger partial charge < -0.3 is 9.47 Å². The topological polar surface area (TPSA) is 102 Å². The van der Waals surface area contributed by atoms with Gasteiger partial charge in [-0.25, -0.2) is 18.9 Å². The summed E-state index contributed by atoms with van der Waals surface area (Å²) in [5, 5.41) is 2.39. The van der Waals surface area contributed by atoms with Gasteiger partial charge in [-0.1, -0.05) is 29.8 Å². The third kappa shape index (κ3) is 5.42. The molecule has 8 nitrogen and oxygen atoms in total. The molecule has 38 heavy (non-hydrogen) atoms. The Morgan fingerprint density at radius 1 is 1.08 bits per heavy atom. The van der Waals surface area contributed by atoms with Crippen molar-refractivity contribution in [2.75, 3.05) is 18.6 Å². The van der Waals surface area contributed by atoms with E-state index in [9.17, 15) is 23.6 Å². The van der Waals surface area contributed by atoms with E-state index in [2.05, 4.69) is 10.1 Å². The summed E-state index contributed by atoms with van der Waals surface area (Å²) >= 11 is 6.54. The van der Waals surface area contributed by atoms with Gasteiger partial charge in [0.15, 0.2) is 0 Å². The minimum atomic E-state index is -0.934. The lowest BCUT2D eigenvalue weighted by Crippen LogP contribution is -2.54. The molecule has 1 fully saturated rings. The molecule has 1 heterocycles. The lowest BCUT2D eigenvalue weighted by molar-refractivity contribution is -0.122. The molecular formula is C28H22ClFN2O6. The molecule has 1 saturated heterocycles. The summed E-state index contributed by atoms with van der Waals surface area (Å²) < 4.78 is 24.6. The lowest BCUT2D eigenvalue weighted by atomic mass is 10.00. The molecule has 10 heteroatoms. The highest BCUT2D eigenvalue weighted by Gasteiger charge is 2.37. The highest BCUT2D eigenvalue weighted by Crippen LogP contribution is 2.33. The summed E-state index contributed by atoms with van der Waals surface area (Å²) in [5.74, 6) is -2.35. The van der Waals surface area contributed by atoms with Crippen LogP contribution in [0, 0.1) is 5.82 Å². The zero-order valence-corrected chi connectivity index (χ0v) is 21.2. The average molecular weight is 537 g/mol. The molecule has 1 aliphatic rings. The van der Waals surface area contributed by atoms with Crippen LogP contribution in [0.4, 0.5) is 14.9 Å². The second kappa shape index (κ2) is 11.3. The van der Waals surface area contributed by atoms with Crippen LogP contribution in [0.2, 0.25) is 5.02 Å². The van der Waals surface area contributed by atoms with Crippen molar-refractivity contribution in [2.24, 2.45) is 0 Å². The smallest absolute Gasteiger partial charge is 0.337 e.